The molecule has 0 spiro atoms. The van der Waals surface area contributed by atoms with Crippen molar-refractivity contribution in [1.82, 2.24) is 9.88 Å². The molecule has 0 saturated heterocycles. The number of carbonyl (C=O) groups is 2. The zero-order chi connectivity index (χ0) is 18.8. The first kappa shape index (κ1) is 18.8. The number of para-hydroxylation sites is 1. The van der Waals surface area contributed by atoms with Crippen LogP contribution < -0.4 is 5.32 Å². The van der Waals surface area contributed by atoms with E-state index < -0.39 is 0 Å². The highest BCUT2D eigenvalue weighted by molar-refractivity contribution is 9.10. The molecule has 0 atom stereocenters. The number of amides is 2. The van der Waals surface area contributed by atoms with Crippen molar-refractivity contribution < 1.29 is 9.59 Å². The van der Waals surface area contributed by atoms with Crippen LogP contribution in [0.25, 0.3) is 10.9 Å². The Balaban J connectivity index is 1.75. The lowest BCUT2D eigenvalue weighted by Gasteiger charge is -2.16. The van der Waals surface area contributed by atoms with Gasteiger partial charge in [-0.05, 0) is 46.3 Å². The van der Waals surface area contributed by atoms with Gasteiger partial charge in [-0.25, -0.2) is 0 Å². The van der Waals surface area contributed by atoms with Gasteiger partial charge in [-0.3, -0.25) is 9.59 Å². The van der Waals surface area contributed by atoms with E-state index in [1.165, 1.54) is 11.9 Å². The second-order valence-corrected chi connectivity index (χ2v) is 7.36. The molecule has 0 bridgehead atoms. The van der Waals surface area contributed by atoms with Crippen LogP contribution in [0.1, 0.15) is 10.5 Å². The second-order valence-electron chi connectivity index (χ2n) is 5.69. The highest BCUT2D eigenvalue weighted by Crippen LogP contribution is 2.30. The molecule has 0 aliphatic heterocycles. The summed E-state index contributed by atoms with van der Waals surface area (Å²) in [5, 5.41) is 4.23. The Morgan fingerprint density at radius 3 is 2.65 bits per heavy atom. The molecule has 0 aliphatic carbocycles. The lowest BCUT2D eigenvalue weighted by atomic mass is 10.2. The number of hydrogen-bond donors (Lipinski definition) is 2. The number of rotatable bonds is 4. The number of anilines is 1. The third-order valence-electron chi connectivity index (χ3n) is 3.79. The fraction of sp³-hybridized carbons (Fsp3) is 0.111. The third kappa shape index (κ3) is 3.87. The summed E-state index contributed by atoms with van der Waals surface area (Å²) >= 11 is 15.7. The van der Waals surface area contributed by atoms with E-state index in [9.17, 15) is 9.59 Å². The molecule has 5 nitrogen and oxygen atoms in total. The fourth-order valence-electron chi connectivity index (χ4n) is 2.51. The van der Waals surface area contributed by atoms with Crippen LogP contribution >= 0.6 is 39.1 Å². The minimum Gasteiger partial charge on any atom is -0.349 e. The lowest BCUT2D eigenvalue weighted by molar-refractivity contribution is -0.116. The van der Waals surface area contributed by atoms with E-state index in [4.69, 9.17) is 23.2 Å². The Bertz CT molecular complexity index is 1000. The number of H-pyrrole nitrogens is 1. The Morgan fingerprint density at radius 1 is 1.19 bits per heavy atom. The minimum atomic E-state index is -0.385. The molecular weight excluding hydrogens is 441 g/mol. The van der Waals surface area contributed by atoms with Crippen LogP contribution in [-0.4, -0.2) is 35.3 Å². The number of benzene rings is 2. The molecule has 134 valence electrons. The van der Waals surface area contributed by atoms with Crippen LogP contribution in [0.4, 0.5) is 5.69 Å². The fourth-order valence-corrected chi connectivity index (χ4v) is 3.35. The zero-order valence-electron chi connectivity index (χ0n) is 13.6. The van der Waals surface area contributed by atoms with Gasteiger partial charge in [-0.1, -0.05) is 35.3 Å². The first-order valence-electron chi connectivity index (χ1n) is 7.63. The van der Waals surface area contributed by atoms with Crippen LogP contribution in [0.3, 0.4) is 0 Å². The number of nitrogens with zero attached hydrogens (tertiary/aromatic N) is 1. The monoisotopic (exact) mass is 453 g/mol. The predicted molar refractivity (Wildman–Crippen MR) is 108 cm³/mol. The first-order chi connectivity index (χ1) is 12.4. The molecule has 26 heavy (non-hydrogen) atoms. The van der Waals surface area contributed by atoms with Gasteiger partial charge in [0.25, 0.3) is 5.91 Å². The summed E-state index contributed by atoms with van der Waals surface area (Å²) in [6.07, 6.45) is 0. The maximum absolute atomic E-state index is 12.7. The van der Waals surface area contributed by atoms with Gasteiger partial charge in [0.05, 0.1) is 17.3 Å². The molecule has 0 fully saturated rings. The summed E-state index contributed by atoms with van der Waals surface area (Å²) in [5.41, 5.74) is 1.56. The summed E-state index contributed by atoms with van der Waals surface area (Å²) in [5.74, 6) is -0.701. The maximum atomic E-state index is 12.7. The largest absolute Gasteiger partial charge is 0.349 e. The van der Waals surface area contributed by atoms with E-state index >= 15 is 0 Å². The van der Waals surface area contributed by atoms with Gasteiger partial charge >= 0.3 is 0 Å². The number of aromatic amines is 1. The van der Waals surface area contributed by atoms with Crippen LogP contribution in [-0.2, 0) is 4.79 Å². The SMILES string of the molecule is CN(CC(=O)Nc1ccccc1Br)C(=O)c1[nH]c2ccc(Cl)cc2c1Cl. The quantitative estimate of drug-likeness (QED) is 0.585. The predicted octanol–water partition coefficient (Wildman–Crippen LogP) is 4.95. The molecule has 2 N–H and O–H groups in total. The smallest absolute Gasteiger partial charge is 0.272 e. The molecule has 0 unspecified atom stereocenters. The summed E-state index contributed by atoms with van der Waals surface area (Å²) in [4.78, 5) is 29.2. The summed E-state index contributed by atoms with van der Waals surface area (Å²) in [6, 6.07) is 12.4. The minimum absolute atomic E-state index is 0.118. The van der Waals surface area contributed by atoms with Crippen LogP contribution in [0, 0.1) is 0 Å². The van der Waals surface area contributed by atoms with Gasteiger partial charge < -0.3 is 15.2 Å². The lowest BCUT2D eigenvalue weighted by Crippen LogP contribution is -2.35. The molecule has 8 heteroatoms. The normalized spacial score (nSPS) is 10.8. The molecule has 3 aromatic rings. The Kier molecular flexibility index (Phi) is 5.55. The summed E-state index contributed by atoms with van der Waals surface area (Å²) < 4.78 is 0.762. The number of likely N-dealkylation sites (N-methyl/N-ethyl adjacent to an activating group) is 1. The van der Waals surface area contributed by atoms with Crippen LogP contribution in [0.5, 0.6) is 0 Å². The zero-order valence-corrected chi connectivity index (χ0v) is 16.7. The van der Waals surface area contributed by atoms with E-state index in [1.54, 1.807) is 24.3 Å². The Labute approximate surface area is 168 Å². The molecule has 2 aromatic carbocycles. The average Bonchev–Trinajstić information content (AvgIpc) is 2.92. The molecule has 1 aromatic heterocycles. The van der Waals surface area contributed by atoms with E-state index in [2.05, 4.69) is 26.2 Å². The van der Waals surface area contributed by atoms with Crippen molar-refractivity contribution in [2.75, 3.05) is 18.9 Å². The van der Waals surface area contributed by atoms with E-state index in [0.717, 1.165) is 4.47 Å². The summed E-state index contributed by atoms with van der Waals surface area (Å²) in [6.45, 7) is -0.118. The van der Waals surface area contributed by atoms with Crippen molar-refractivity contribution in [3.63, 3.8) is 0 Å². The third-order valence-corrected chi connectivity index (χ3v) is 5.11. The van der Waals surface area contributed by atoms with Gasteiger partial charge in [0.15, 0.2) is 0 Å². The van der Waals surface area contributed by atoms with Crippen molar-refractivity contribution in [2.24, 2.45) is 0 Å². The number of halogens is 3. The number of hydrogen-bond acceptors (Lipinski definition) is 2. The standard InChI is InChI=1S/C18H14BrCl2N3O2/c1-24(9-15(25)22-14-5-3-2-4-12(14)19)18(26)17-16(21)11-8-10(20)6-7-13(11)23-17/h2-8,23H,9H2,1H3,(H,22,25). The highest BCUT2D eigenvalue weighted by atomic mass is 79.9. The topological polar surface area (TPSA) is 65.2 Å². The second kappa shape index (κ2) is 7.70. The van der Waals surface area contributed by atoms with Crippen molar-refractivity contribution >= 4 is 67.5 Å². The van der Waals surface area contributed by atoms with Crippen LogP contribution in [0.2, 0.25) is 10.0 Å². The highest BCUT2D eigenvalue weighted by Gasteiger charge is 2.21. The van der Waals surface area contributed by atoms with E-state index in [-0.39, 0.29) is 29.1 Å². The molecule has 3 rings (SSSR count). The number of fused-ring (bicyclic) bond motifs is 1. The van der Waals surface area contributed by atoms with Gasteiger partial charge in [-0.2, -0.15) is 0 Å². The molecule has 0 saturated carbocycles. The number of aromatic nitrogens is 1. The first-order valence-corrected chi connectivity index (χ1v) is 9.18. The van der Waals surface area contributed by atoms with Crippen LogP contribution in [0.15, 0.2) is 46.9 Å². The van der Waals surface area contributed by atoms with Gasteiger partial charge in [-0.15, -0.1) is 0 Å². The number of nitrogens with one attached hydrogen (secondary N) is 2. The van der Waals surface area contributed by atoms with Crippen molar-refractivity contribution in [3.8, 4) is 0 Å². The van der Waals surface area contributed by atoms with Gasteiger partial charge in [0, 0.05) is 27.4 Å². The Hall–Kier alpha value is -2.02. The van der Waals surface area contributed by atoms with Gasteiger partial charge in [0.1, 0.15) is 5.69 Å². The molecule has 0 radical (unpaired) electrons. The molecule has 2 amide bonds. The molecule has 0 aliphatic rings. The average molecular weight is 455 g/mol. The molecule has 1 heterocycles. The molecular formula is C18H14BrCl2N3O2. The van der Waals surface area contributed by atoms with Crippen molar-refractivity contribution in [3.05, 3.63) is 62.7 Å². The Morgan fingerprint density at radius 2 is 1.92 bits per heavy atom. The maximum Gasteiger partial charge on any atom is 0.272 e. The van der Waals surface area contributed by atoms with E-state index in [0.29, 0.717) is 21.6 Å². The summed E-state index contributed by atoms with van der Waals surface area (Å²) in [7, 11) is 1.54. The van der Waals surface area contributed by atoms with Crippen molar-refractivity contribution in [1.29, 1.82) is 0 Å². The van der Waals surface area contributed by atoms with E-state index in [1.807, 2.05) is 18.2 Å². The number of carbonyl (C=O) groups excluding carboxylic acids is 2. The van der Waals surface area contributed by atoms with Gasteiger partial charge in [0.2, 0.25) is 5.91 Å². The van der Waals surface area contributed by atoms with Crippen molar-refractivity contribution in [2.45, 2.75) is 0 Å².